The monoisotopic (exact) mass is 267 g/mol. The number of anilines is 3. The van der Waals surface area contributed by atoms with Crippen LogP contribution in [0.5, 0.6) is 0 Å². The summed E-state index contributed by atoms with van der Waals surface area (Å²) in [6.45, 7) is 3.35. The Morgan fingerprint density at radius 3 is 2.47 bits per heavy atom. The number of nitro groups is 1. The maximum atomic E-state index is 10.9. The van der Waals surface area contributed by atoms with Crippen LogP contribution in [-0.2, 0) is 0 Å². The topological polar surface area (TPSA) is 113 Å². The average Bonchev–Trinajstić information content (AvgIpc) is 2.38. The smallest absolute Gasteiger partial charge is 0.353 e. The number of nitrogen functional groups attached to an aromatic ring is 1. The van der Waals surface area contributed by atoms with E-state index < -0.39 is 4.92 Å². The minimum atomic E-state index is -0.574. The second-order valence-corrected chi connectivity index (χ2v) is 4.40. The van der Waals surface area contributed by atoms with Gasteiger partial charge in [-0.05, 0) is 7.05 Å². The lowest BCUT2D eigenvalue weighted by Crippen LogP contribution is -2.45. The Hall–Kier alpha value is -2.16. The zero-order valence-corrected chi connectivity index (χ0v) is 11.0. The fraction of sp³-hybridized carbons (Fsp3) is 0.600. The predicted molar refractivity (Wildman–Crippen MR) is 72.4 cm³/mol. The zero-order valence-electron chi connectivity index (χ0n) is 11.0. The molecule has 0 spiro atoms. The van der Waals surface area contributed by atoms with Crippen molar-refractivity contribution in [1.29, 1.82) is 0 Å². The van der Waals surface area contributed by atoms with Gasteiger partial charge in [-0.1, -0.05) is 0 Å². The molecular formula is C10H17N7O2. The van der Waals surface area contributed by atoms with Crippen molar-refractivity contribution >= 4 is 23.3 Å². The molecule has 2 rings (SSSR count). The van der Waals surface area contributed by atoms with E-state index in [-0.39, 0.29) is 17.3 Å². The van der Waals surface area contributed by atoms with Crippen LogP contribution in [0.1, 0.15) is 0 Å². The predicted octanol–water partition coefficient (Wildman–Crippen LogP) is -0.239. The molecule has 1 aromatic rings. The molecule has 1 aromatic heterocycles. The van der Waals surface area contributed by atoms with Gasteiger partial charge in [0.25, 0.3) is 0 Å². The molecule has 0 atom stereocenters. The third-order valence-corrected chi connectivity index (χ3v) is 3.10. The molecule has 0 amide bonds. The lowest BCUT2D eigenvalue weighted by Gasteiger charge is -2.32. The largest absolute Gasteiger partial charge is 0.378 e. The molecule has 0 bridgehead atoms. The van der Waals surface area contributed by atoms with Crippen molar-refractivity contribution < 1.29 is 4.92 Å². The Balaban J connectivity index is 2.32. The van der Waals surface area contributed by atoms with E-state index in [9.17, 15) is 10.1 Å². The van der Waals surface area contributed by atoms with Crippen LogP contribution in [-0.4, -0.2) is 60.1 Å². The van der Waals surface area contributed by atoms with Gasteiger partial charge in [-0.2, -0.15) is 9.97 Å². The molecule has 1 aliphatic heterocycles. The van der Waals surface area contributed by atoms with E-state index in [2.05, 4.69) is 20.2 Å². The molecule has 0 aliphatic carbocycles. The van der Waals surface area contributed by atoms with Gasteiger partial charge in [0, 0.05) is 33.2 Å². The van der Waals surface area contributed by atoms with E-state index in [0.717, 1.165) is 26.2 Å². The zero-order chi connectivity index (χ0) is 14.0. The van der Waals surface area contributed by atoms with Crippen LogP contribution in [0.25, 0.3) is 0 Å². The van der Waals surface area contributed by atoms with Crippen LogP contribution in [0, 0.1) is 10.1 Å². The minimum Gasteiger partial charge on any atom is -0.378 e. The van der Waals surface area contributed by atoms with Crippen LogP contribution in [0.4, 0.5) is 23.3 Å². The van der Waals surface area contributed by atoms with Crippen molar-refractivity contribution in [3.63, 3.8) is 0 Å². The number of piperazine rings is 1. The molecule has 1 fully saturated rings. The van der Waals surface area contributed by atoms with Gasteiger partial charge in [-0.15, -0.1) is 0 Å². The van der Waals surface area contributed by atoms with Gasteiger partial charge in [-0.25, -0.2) is 0 Å². The second kappa shape index (κ2) is 5.22. The first-order valence-corrected chi connectivity index (χ1v) is 5.96. The highest BCUT2D eigenvalue weighted by atomic mass is 16.6. The van der Waals surface area contributed by atoms with Crippen molar-refractivity contribution in [3.05, 3.63) is 10.1 Å². The van der Waals surface area contributed by atoms with Gasteiger partial charge in [-0.3, -0.25) is 10.1 Å². The third-order valence-electron chi connectivity index (χ3n) is 3.10. The summed E-state index contributed by atoms with van der Waals surface area (Å²) in [4.78, 5) is 22.7. The molecule has 1 aliphatic rings. The summed E-state index contributed by atoms with van der Waals surface area (Å²) in [6, 6.07) is 0. The lowest BCUT2D eigenvalue weighted by molar-refractivity contribution is -0.383. The van der Waals surface area contributed by atoms with Crippen molar-refractivity contribution in [1.82, 2.24) is 14.9 Å². The summed E-state index contributed by atoms with van der Waals surface area (Å²) >= 11 is 0. The number of hydrogen-bond donors (Lipinski definition) is 2. The third kappa shape index (κ3) is 2.65. The van der Waals surface area contributed by atoms with Crippen molar-refractivity contribution in [2.24, 2.45) is 0 Å². The summed E-state index contributed by atoms with van der Waals surface area (Å²) in [6.07, 6.45) is 0. The van der Waals surface area contributed by atoms with Gasteiger partial charge in [0.15, 0.2) is 0 Å². The van der Waals surface area contributed by atoms with E-state index in [0.29, 0.717) is 5.95 Å². The first kappa shape index (κ1) is 13.3. The highest BCUT2D eigenvalue weighted by molar-refractivity contribution is 5.69. The molecule has 0 aromatic carbocycles. The molecule has 9 nitrogen and oxygen atoms in total. The number of nitrogens with zero attached hydrogens (tertiary/aromatic N) is 5. The van der Waals surface area contributed by atoms with E-state index in [1.807, 2.05) is 11.9 Å². The Kier molecular flexibility index (Phi) is 3.65. The summed E-state index contributed by atoms with van der Waals surface area (Å²) in [7, 11) is 3.62. The molecule has 3 N–H and O–H groups in total. The van der Waals surface area contributed by atoms with Crippen molar-refractivity contribution in [2.75, 3.05) is 56.2 Å². The first-order valence-electron chi connectivity index (χ1n) is 5.96. The summed E-state index contributed by atoms with van der Waals surface area (Å²) in [5, 5.41) is 13.6. The molecule has 19 heavy (non-hydrogen) atoms. The van der Waals surface area contributed by atoms with Crippen LogP contribution in [0.2, 0.25) is 0 Å². The number of nitrogens with two attached hydrogens (primary N) is 1. The van der Waals surface area contributed by atoms with Gasteiger partial charge < -0.3 is 20.9 Å². The number of nitrogens with one attached hydrogen (secondary N) is 1. The van der Waals surface area contributed by atoms with Crippen molar-refractivity contribution in [2.45, 2.75) is 0 Å². The van der Waals surface area contributed by atoms with E-state index >= 15 is 0 Å². The molecule has 1 saturated heterocycles. The average molecular weight is 267 g/mol. The van der Waals surface area contributed by atoms with Crippen LogP contribution >= 0.6 is 0 Å². The van der Waals surface area contributed by atoms with E-state index in [1.54, 1.807) is 7.05 Å². The number of rotatable bonds is 3. The highest BCUT2D eigenvalue weighted by Crippen LogP contribution is 2.29. The molecule has 0 unspecified atom stereocenters. The van der Waals surface area contributed by atoms with Crippen LogP contribution in [0.15, 0.2) is 0 Å². The maximum Gasteiger partial charge on any atom is 0.353 e. The Morgan fingerprint density at radius 1 is 1.32 bits per heavy atom. The van der Waals surface area contributed by atoms with E-state index in [4.69, 9.17) is 5.73 Å². The van der Waals surface area contributed by atoms with Gasteiger partial charge in [0.2, 0.25) is 17.6 Å². The van der Waals surface area contributed by atoms with Crippen molar-refractivity contribution in [3.8, 4) is 0 Å². The van der Waals surface area contributed by atoms with Gasteiger partial charge in [0.1, 0.15) is 0 Å². The summed E-state index contributed by atoms with van der Waals surface area (Å²) in [5.74, 6) is 0.463. The molecule has 9 heteroatoms. The highest BCUT2D eigenvalue weighted by Gasteiger charge is 2.25. The summed E-state index contributed by atoms with van der Waals surface area (Å²) in [5.41, 5.74) is 5.39. The molecular weight excluding hydrogens is 250 g/mol. The number of aromatic nitrogens is 2. The first-order chi connectivity index (χ1) is 9.02. The Bertz CT molecular complexity index is 485. The lowest BCUT2D eigenvalue weighted by atomic mass is 10.3. The molecule has 0 radical (unpaired) electrons. The number of likely N-dealkylation sites (N-methyl/N-ethyl adjacent to an activating group) is 1. The number of hydrogen-bond acceptors (Lipinski definition) is 8. The maximum absolute atomic E-state index is 10.9. The minimum absolute atomic E-state index is 0.113. The molecule has 104 valence electrons. The standard InChI is InChI=1S/C10H17N7O2/c1-12-9-7(17(18)19)8(11)13-10(14-9)16-5-3-15(2)4-6-16/h3-6H2,1-2H3,(H3,11,12,13,14). The Morgan fingerprint density at radius 2 is 1.95 bits per heavy atom. The quantitative estimate of drug-likeness (QED) is 0.570. The second-order valence-electron chi connectivity index (χ2n) is 4.40. The summed E-state index contributed by atoms with van der Waals surface area (Å²) < 4.78 is 0. The van der Waals surface area contributed by atoms with Crippen LogP contribution < -0.4 is 16.0 Å². The SMILES string of the molecule is CNc1nc(N2CCN(C)CC2)nc(N)c1[N+](=O)[O-]. The fourth-order valence-electron chi connectivity index (χ4n) is 1.96. The van der Waals surface area contributed by atoms with E-state index in [1.165, 1.54) is 0 Å². The van der Waals surface area contributed by atoms with Crippen LogP contribution in [0.3, 0.4) is 0 Å². The Labute approximate surface area is 110 Å². The van der Waals surface area contributed by atoms with Gasteiger partial charge >= 0.3 is 5.69 Å². The normalized spacial score (nSPS) is 16.4. The molecule has 0 saturated carbocycles. The molecule has 2 heterocycles. The van der Waals surface area contributed by atoms with Gasteiger partial charge in [0.05, 0.1) is 4.92 Å². The fourth-order valence-corrected chi connectivity index (χ4v) is 1.96.